The van der Waals surface area contributed by atoms with Gasteiger partial charge in [-0.15, -0.1) is 0 Å². The Labute approximate surface area is 577 Å². The van der Waals surface area contributed by atoms with E-state index in [1.54, 1.807) is 0 Å². The maximum atomic E-state index is 12.9. The normalized spacial score (nSPS) is 14.7. The fraction of sp³-hybridized carbons (Fsp3) is 0.727. The number of rotatable bonds is 70. The zero-order chi connectivity index (χ0) is 69.5. The van der Waals surface area contributed by atoms with Gasteiger partial charge in [0.15, 0.2) is 6.10 Å². The number of unbranched alkanes of at least 4 members (excludes halogenated alkanes) is 29. The van der Waals surface area contributed by atoms with E-state index in [0.717, 1.165) is 122 Å². The lowest BCUT2D eigenvalue weighted by Gasteiger charge is -2.21. The Morgan fingerprint density at radius 1 is 0.305 bits per heavy atom. The zero-order valence-electron chi connectivity index (χ0n) is 59.6. The molecule has 0 aliphatic carbocycles. The van der Waals surface area contributed by atoms with Gasteiger partial charge in [-0.05, 0) is 109 Å². The van der Waals surface area contributed by atoms with Crippen molar-refractivity contribution in [2.45, 2.75) is 322 Å². The molecule has 0 aromatic carbocycles. The van der Waals surface area contributed by atoms with E-state index in [9.17, 15) is 43.5 Å². The van der Waals surface area contributed by atoms with Crippen molar-refractivity contribution >= 4 is 33.6 Å². The fourth-order valence-electron chi connectivity index (χ4n) is 9.82. The smallest absolute Gasteiger partial charge is 0.463 e. The molecule has 0 radical (unpaired) electrons. The summed E-state index contributed by atoms with van der Waals surface area (Å²) in [6.07, 6.45) is 80.1. The summed E-state index contributed by atoms with van der Waals surface area (Å²) < 4.78 is 60.9. The Hall–Kier alpha value is -3.79. The van der Waals surface area contributed by atoms with E-state index >= 15 is 0 Å². The molecule has 0 amide bonds. The molecule has 95 heavy (non-hydrogen) atoms. The van der Waals surface area contributed by atoms with Crippen molar-refractivity contribution < 1.29 is 75.8 Å². The van der Waals surface area contributed by atoms with Crippen molar-refractivity contribution in [3.8, 4) is 0 Å². The maximum absolute atomic E-state index is 12.9. The number of phosphoric acid groups is 2. The van der Waals surface area contributed by atoms with Crippen LogP contribution in [0.1, 0.15) is 303 Å². The van der Waals surface area contributed by atoms with Crippen LogP contribution in [0, 0.1) is 0 Å². The Morgan fingerprint density at radius 3 is 0.916 bits per heavy atom. The predicted octanol–water partition coefficient (Wildman–Crippen LogP) is 21.2. The van der Waals surface area contributed by atoms with Gasteiger partial charge in [0.25, 0.3) is 0 Å². The second-order valence-electron chi connectivity index (χ2n) is 24.7. The lowest BCUT2D eigenvalue weighted by atomic mass is 10.0. The molecule has 5 atom stereocenters. The van der Waals surface area contributed by atoms with E-state index < -0.39 is 91.5 Å². The van der Waals surface area contributed by atoms with Crippen LogP contribution in [-0.2, 0) is 55.8 Å². The number of carbonyl (C=O) groups excluding carboxylic acids is 3. The number of ether oxygens (including phenoxy) is 3. The van der Waals surface area contributed by atoms with E-state index in [1.807, 2.05) is 0 Å². The summed E-state index contributed by atoms with van der Waals surface area (Å²) in [5.74, 6) is -1.61. The van der Waals surface area contributed by atoms with Crippen molar-refractivity contribution in [3.63, 3.8) is 0 Å². The van der Waals surface area contributed by atoms with Crippen LogP contribution in [0.5, 0.6) is 0 Å². The van der Waals surface area contributed by atoms with Gasteiger partial charge in [-0.2, -0.15) is 0 Å². The number of aliphatic hydroxyl groups is 2. The molecule has 0 aliphatic rings. The van der Waals surface area contributed by atoms with E-state index in [-0.39, 0.29) is 19.3 Å². The van der Waals surface area contributed by atoms with Crippen LogP contribution in [0.2, 0.25) is 0 Å². The zero-order valence-corrected chi connectivity index (χ0v) is 61.4. The second-order valence-corrected chi connectivity index (χ2v) is 27.6. The highest BCUT2D eigenvalue weighted by molar-refractivity contribution is 7.47. The maximum Gasteiger partial charge on any atom is 0.472 e. The topological polar surface area (TPSA) is 231 Å². The standard InChI is InChI=1S/C77H134O16P2/c1-4-7-10-13-16-19-22-24-26-28-30-31-32-33-34-35-36-37-38-39-41-43-44-46-49-51-54-57-60-63-75(80)87-66-72(78)67-89-94(83,84)90-68-73(79)69-91-95(85,86)92-71-74(93-77(82)65-62-59-56-53-48-21-18-15-12-9-6-3)70-88-76(81)64-61-58-55-52-50-47-45-42-40-29-27-25-23-20-17-14-11-8-5-2/h8,11,16-17,19-20,24-27,30-31,33-34,40,42,47,50,72-74,78-79H,4-7,9-10,12-15,18,21-23,28-29,32,35-39,41,43-46,48-49,51-71H2,1-3H3,(H,83,84)(H,85,86)/b11-8-,19-16-,20-17-,26-24-,27-25-,31-30-,34-33-,42-40-,50-47-. The third-order valence-electron chi connectivity index (χ3n) is 15.5. The molecule has 0 heterocycles. The van der Waals surface area contributed by atoms with Crippen LogP contribution in [0.25, 0.3) is 0 Å². The minimum atomic E-state index is -4.93. The largest absolute Gasteiger partial charge is 0.472 e. The van der Waals surface area contributed by atoms with Gasteiger partial charge in [0.1, 0.15) is 25.4 Å². The second kappa shape index (κ2) is 70.1. The van der Waals surface area contributed by atoms with Crippen LogP contribution in [-0.4, -0.2) is 95.9 Å². The monoisotopic (exact) mass is 1380 g/mol. The molecule has 16 nitrogen and oxygen atoms in total. The molecule has 0 aromatic rings. The minimum Gasteiger partial charge on any atom is -0.463 e. The summed E-state index contributed by atoms with van der Waals surface area (Å²) in [4.78, 5) is 58.4. The third-order valence-corrected chi connectivity index (χ3v) is 17.4. The summed E-state index contributed by atoms with van der Waals surface area (Å²) in [7, 11) is -9.78. The average molecular weight is 1380 g/mol. The third kappa shape index (κ3) is 71.3. The van der Waals surface area contributed by atoms with Gasteiger partial charge >= 0.3 is 33.6 Å². The van der Waals surface area contributed by atoms with Crippen molar-refractivity contribution in [1.29, 1.82) is 0 Å². The number of hydrogen-bond donors (Lipinski definition) is 4. The van der Waals surface area contributed by atoms with Crippen LogP contribution < -0.4 is 0 Å². The van der Waals surface area contributed by atoms with E-state index in [2.05, 4.69) is 130 Å². The highest BCUT2D eigenvalue weighted by Gasteiger charge is 2.29. The molecule has 0 spiro atoms. The highest BCUT2D eigenvalue weighted by atomic mass is 31.2. The number of carbonyl (C=O) groups is 3. The quantitative estimate of drug-likeness (QED) is 0.0146. The summed E-state index contributed by atoms with van der Waals surface area (Å²) >= 11 is 0. The van der Waals surface area contributed by atoms with Crippen molar-refractivity contribution in [2.24, 2.45) is 0 Å². The number of hydrogen-bond acceptors (Lipinski definition) is 14. The molecule has 0 aliphatic heterocycles. The lowest BCUT2D eigenvalue weighted by molar-refractivity contribution is -0.161. The first-order valence-corrected chi connectivity index (χ1v) is 40.2. The first-order valence-electron chi connectivity index (χ1n) is 37.2. The van der Waals surface area contributed by atoms with Crippen molar-refractivity contribution in [3.05, 3.63) is 109 Å². The summed E-state index contributed by atoms with van der Waals surface area (Å²) in [5, 5.41) is 20.6. The van der Waals surface area contributed by atoms with E-state index in [4.69, 9.17) is 32.3 Å². The van der Waals surface area contributed by atoms with Crippen LogP contribution in [0.15, 0.2) is 109 Å². The molecular weight excluding hydrogens is 1240 g/mol. The lowest BCUT2D eigenvalue weighted by Crippen LogP contribution is -2.30. The minimum absolute atomic E-state index is 0.0981. The molecule has 0 rings (SSSR count). The molecule has 548 valence electrons. The van der Waals surface area contributed by atoms with Crippen LogP contribution in [0.4, 0.5) is 0 Å². The van der Waals surface area contributed by atoms with Crippen molar-refractivity contribution in [1.82, 2.24) is 0 Å². The van der Waals surface area contributed by atoms with Gasteiger partial charge in [-0.1, -0.05) is 284 Å². The Morgan fingerprint density at radius 2 is 0.558 bits per heavy atom. The molecule has 0 fully saturated rings. The average Bonchev–Trinajstić information content (AvgIpc) is 2.86. The van der Waals surface area contributed by atoms with Crippen molar-refractivity contribution in [2.75, 3.05) is 39.6 Å². The predicted molar refractivity (Wildman–Crippen MR) is 390 cm³/mol. The summed E-state index contributed by atoms with van der Waals surface area (Å²) in [5.41, 5.74) is 0. The molecule has 0 aromatic heterocycles. The van der Waals surface area contributed by atoms with Gasteiger partial charge in [-0.25, -0.2) is 9.13 Å². The molecule has 18 heteroatoms. The first-order chi connectivity index (χ1) is 46.2. The Bertz CT molecular complexity index is 2170. The molecule has 0 saturated heterocycles. The van der Waals surface area contributed by atoms with E-state index in [0.29, 0.717) is 19.3 Å². The summed E-state index contributed by atoms with van der Waals surface area (Å²) in [6, 6.07) is 0. The van der Waals surface area contributed by atoms with Gasteiger partial charge in [0.05, 0.1) is 26.4 Å². The molecule has 0 bridgehead atoms. The number of aliphatic hydroxyl groups excluding tert-OH is 2. The molecule has 5 unspecified atom stereocenters. The molecule has 4 N–H and O–H groups in total. The fourth-order valence-corrected chi connectivity index (χ4v) is 11.4. The molecular formula is C77H134O16P2. The number of esters is 3. The first kappa shape index (κ1) is 91.2. The highest BCUT2D eigenvalue weighted by Crippen LogP contribution is 2.45. The SMILES string of the molecule is CC/C=C\C/C=C\C/C=C\C/C=C\C/C=C\CCCCCC(=O)OCC(COP(=O)(O)OCC(O)COP(=O)(O)OCC(O)COC(=O)CCCCCCCCCCCCCCC/C=C\C/C=C\C/C=C\C/C=C\CCCCC)OC(=O)CCCCCCCCCCCCC. The summed E-state index contributed by atoms with van der Waals surface area (Å²) in [6.45, 7) is 2.49. The van der Waals surface area contributed by atoms with Crippen LogP contribution in [0.3, 0.4) is 0 Å². The molecule has 0 saturated carbocycles. The van der Waals surface area contributed by atoms with Gasteiger partial charge < -0.3 is 34.2 Å². The Kier molecular flexibility index (Phi) is 67.3. The van der Waals surface area contributed by atoms with Crippen LogP contribution >= 0.6 is 15.6 Å². The Balaban J connectivity index is 4.46. The number of phosphoric ester groups is 2. The van der Waals surface area contributed by atoms with Gasteiger partial charge in [-0.3, -0.25) is 32.5 Å². The van der Waals surface area contributed by atoms with E-state index in [1.165, 1.54) is 122 Å². The van der Waals surface area contributed by atoms with Gasteiger partial charge in [0.2, 0.25) is 0 Å². The van der Waals surface area contributed by atoms with Gasteiger partial charge in [0, 0.05) is 19.3 Å². The number of allylic oxidation sites excluding steroid dienone is 18.